The molecule has 0 radical (unpaired) electrons. The highest BCUT2D eigenvalue weighted by atomic mass is 16.5. The Morgan fingerprint density at radius 2 is 2.17 bits per heavy atom. The van der Waals surface area contributed by atoms with Crippen molar-refractivity contribution in [1.82, 2.24) is 14.8 Å². The van der Waals surface area contributed by atoms with Crippen molar-refractivity contribution in [3.05, 3.63) is 30.5 Å². The molecule has 92 valence electrons. The minimum atomic E-state index is 0.646. The number of ether oxygens (including phenoxy) is 1. The molecule has 2 aromatic heterocycles. The Bertz CT molecular complexity index is 711. The SMILES string of the molecule is COc1ccc2cc(-c3[nH]ncc3N)n(C)c2c1. The van der Waals surface area contributed by atoms with E-state index in [1.54, 1.807) is 13.3 Å². The lowest BCUT2D eigenvalue weighted by Crippen LogP contribution is -1.94. The molecule has 3 N–H and O–H groups in total. The summed E-state index contributed by atoms with van der Waals surface area (Å²) in [5.74, 6) is 0.841. The molecule has 3 rings (SSSR count). The van der Waals surface area contributed by atoms with Crippen LogP contribution in [0.5, 0.6) is 5.75 Å². The summed E-state index contributed by atoms with van der Waals surface area (Å²) in [5.41, 5.74) is 9.48. The average molecular weight is 242 g/mol. The van der Waals surface area contributed by atoms with Crippen LogP contribution in [-0.4, -0.2) is 21.9 Å². The van der Waals surface area contributed by atoms with Crippen LogP contribution in [0.3, 0.4) is 0 Å². The van der Waals surface area contributed by atoms with Gasteiger partial charge in [-0.05, 0) is 18.2 Å². The number of methoxy groups -OCH3 is 1. The first kappa shape index (κ1) is 10.7. The fourth-order valence-electron chi connectivity index (χ4n) is 2.18. The molecule has 0 aliphatic rings. The number of rotatable bonds is 2. The Hall–Kier alpha value is -2.43. The first-order valence-corrected chi connectivity index (χ1v) is 5.63. The summed E-state index contributed by atoms with van der Waals surface area (Å²) in [6.07, 6.45) is 1.62. The minimum absolute atomic E-state index is 0.646. The van der Waals surface area contributed by atoms with Gasteiger partial charge < -0.3 is 15.0 Å². The summed E-state index contributed by atoms with van der Waals surface area (Å²) in [6.45, 7) is 0. The monoisotopic (exact) mass is 242 g/mol. The first-order valence-electron chi connectivity index (χ1n) is 5.63. The van der Waals surface area contributed by atoms with E-state index in [2.05, 4.69) is 20.8 Å². The molecule has 5 heteroatoms. The number of nitrogen functional groups attached to an aromatic ring is 1. The number of nitrogens with two attached hydrogens (primary N) is 1. The number of hydrogen-bond donors (Lipinski definition) is 2. The molecule has 0 fully saturated rings. The van der Waals surface area contributed by atoms with Crippen LogP contribution in [0.1, 0.15) is 0 Å². The van der Waals surface area contributed by atoms with Gasteiger partial charge in [0, 0.05) is 18.5 Å². The van der Waals surface area contributed by atoms with Crippen LogP contribution >= 0.6 is 0 Å². The quantitative estimate of drug-likeness (QED) is 0.723. The highest BCUT2D eigenvalue weighted by Crippen LogP contribution is 2.30. The van der Waals surface area contributed by atoms with Crippen molar-refractivity contribution in [2.45, 2.75) is 0 Å². The highest BCUT2D eigenvalue weighted by Gasteiger charge is 2.12. The Balaban J connectivity index is 2.26. The molecule has 1 aromatic carbocycles. The van der Waals surface area contributed by atoms with E-state index in [1.165, 1.54) is 0 Å². The van der Waals surface area contributed by atoms with Crippen molar-refractivity contribution in [2.24, 2.45) is 7.05 Å². The largest absolute Gasteiger partial charge is 0.497 e. The topological polar surface area (TPSA) is 68.9 Å². The van der Waals surface area contributed by atoms with Gasteiger partial charge in [0.05, 0.1) is 30.2 Å². The third-order valence-corrected chi connectivity index (χ3v) is 3.18. The Morgan fingerprint density at radius 1 is 1.33 bits per heavy atom. The van der Waals surface area contributed by atoms with E-state index in [0.717, 1.165) is 28.0 Å². The number of aromatic amines is 1. The molecule has 0 aliphatic heterocycles. The molecule has 0 aliphatic carbocycles. The number of anilines is 1. The van der Waals surface area contributed by atoms with Gasteiger partial charge in [0.15, 0.2) is 0 Å². The summed E-state index contributed by atoms with van der Waals surface area (Å²) < 4.78 is 7.31. The predicted molar refractivity (Wildman–Crippen MR) is 71.5 cm³/mol. The van der Waals surface area contributed by atoms with E-state index in [4.69, 9.17) is 10.5 Å². The van der Waals surface area contributed by atoms with Crippen LogP contribution in [0.4, 0.5) is 5.69 Å². The van der Waals surface area contributed by atoms with Crippen LogP contribution < -0.4 is 10.5 Å². The lowest BCUT2D eigenvalue weighted by Gasteiger charge is -2.04. The van der Waals surface area contributed by atoms with Gasteiger partial charge in [0.2, 0.25) is 0 Å². The number of fused-ring (bicyclic) bond motifs is 1. The molecule has 0 atom stereocenters. The van der Waals surface area contributed by atoms with Crippen LogP contribution in [0, 0.1) is 0 Å². The number of hydrogen-bond acceptors (Lipinski definition) is 3. The van der Waals surface area contributed by atoms with Gasteiger partial charge in [0.1, 0.15) is 11.4 Å². The van der Waals surface area contributed by atoms with Gasteiger partial charge in [-0.15, -0.1) is 0 Å². The van der Waals surface area contributed by atoms with E-state index in [9.17, 15) is 0 Å². The van der Waals surface area contributed by atoms with Crippen LogP contribution in [0.25, 0.3) is 22.3 Å². The Labute approximate surface area is 104 Å². The fraction of sp³-hybridized carbons (Fsp3) is 0.154. The van der Waals surface area contributed by atoms with Gasteiger partial charge in [0.25, 0.3) is 0 Å². The second-order valence-electron chi connectivity index (χ2n) is 4.21. The second-order valence-corrected chi connectivity index (χ2v) is 4.21. The van der Waals surface area contributed by atoms with Gasteiger partial charge in [-0.3, -0.25) is 5.10 Å². The zero-order valence-electron chi connectivity index (χ0n) is 10.3. The van der Waals surface area contributed by atoms with Crippen molar-refractivity contribution in [3.8, 4) is 17.1 Å². The number of nitrogens with one attached hydrogen (secondary N) is 1. The summed E-state index contributed by atoms with van der Waals surface area (Å²) >= 11 is 0. The standard InChI is InChI=1S/C13H14N4O/c1-17-11-6-9(18-2)4-3-8(11)5-12(17)13-10(14)7-15-16-13/h3-7H,14H2,1-2H3,(H,15,16). The molecule has 0 unspecified atom stereocenters. The summed E-state index contributed by atoms with van der Waals surface area (Å²) in [6, 6.07) is 8.07. The van der Waals surface area contributed by atoms with Crippen molar-refractivity contribution < 1.29 is 4.74 Å². The predicted octanol–water partition coefficient (Wildman–Crippen LogP) is 2.16. The van der Waals surface area contributed by atoms with Crippen molar-refractivity contribution in [2.75, 3.05) is 12.8 Å². The van der Waals surface area contributed by atoms with E-state index < -0.39 is 0 Å². The maximum absolute atomic E-state index is 5.89. The molecular formula is C13H14N4O. The molecule has 5 nitrogen and oxygen atoms in total. The van der Waals surface area contributed by atoms with Gasteiger partial charge in [-0.25, -0.2) is 0 Å². The fourth-order valence-corrected chi connectivity index (χ4v) is 2.18. The van der Waals surface area contributed by atoms with Crippen molar-refractivity contribution in [1.29, 1.82) is 0 Å². The van der Waals surface area contributed by atoms with Gasteiger partial charge in [-0.1, -0.05) is 0 Å². The Morgan fingerprint density at radius 3 is 2.83 bits per heavy atom. The van der Waals surface area contributed by atoms with Crippen LogP contribution in [0.2, 0.25) is 0 Å². The van der Waals surface area contributed by atoms with Crippen molar-refractivity contribution >= 4 is 16.6 Å². The zero-order valence-corrected chi connectivity index (χ0v) is 10.3. The number of benzene rings is 1. The summed E-state index contributed by atoms with van der Waals surface area (Å²) in [7, 11) is 3.66. The summed E-state index contributed by atoms with van der Waals surface area (Å²) in [4.78, 5) is 0. The van der Waals surface area contributed by atoms with Crippen molar-refractivity contribution in [3.63, 3.8) is 0 Å². The number of nitrogens with zero attached hydrogens (tertiary/aromatic N) is 2. The molecule has 0 saturated carbocycles. The minimum Gasteiger partial charge on any atom is -0.497 e. The molecule has 2 heterocycles. The number of H-pyrrole nitrogens is 1. The lowest BCUT2D eigenvalue weighted by molar-refractivity contribution is 0.415. The highest BCUT2D eigenvalue weighted by molar-refractivity contribution is 5.89. The normalized spacial score (nSPS) is 11.0. The van der Waals surface area contributed by atoms with E-state index >= 15 is 0 Å². The van der Waals surface area contributed by atoms with Crippen LogP contribution in [0.15, 0.2) is 30.5 Å². The summed E-state index contributed by atoms with van der Waals surface area (Å²) in [5, 5.41) is 8.02. The Kier molecular flexibility index (Phi) is 2.26. The van der Waals surface area contributed by atoms with Crippen LogP contribution in [-0.2, 0) is 7.05 Å². The van der Waals surface area contributed by atoms with E-state index in [1.807, 2.05) is 25.2 Å². The maximum Gasteiger partial charge on any atom is 0.120 e. The number of aromatic nitrogens is 3. The molecule has 0 saturated heterocycles. The molecule has 18 heavy (non-hydrogen) atoms. The third-order valence-electron chi connectivity index (χ3n) is 3.18. The molecular weight excluding hydrogens is 228 g/mol. The zero-order chi connectivity index (χ0) is 12.7. The smallest absolute Gasteiger partial charge is 0.120 e. The average Bonchev–Trinajstić information content (AvgIpc) is 2.93. The lowest BCUT2D eigenvalue weighted by atomic mass is 10.2. The van der Waals surface area contributed by atoms with Gasteiger partial charge >= 0.3 is 0 Å². The number of aryl methyl sites for hydroxylation is 1. The molecule has 3 aromatic rings. The first-order chi connectivity index (χ1) is 8.70. The maximum atomic E-state index is 5.89. The third kappa shape index (κ3) is 1.44. The second kappa shape index (κ2) is 3.80. The molecule has 0 amide bonds. The van der Waals surface area contributed by atoms with E-state index in [-0.39, 0.29) is 0 Å². The molecule has 0 bridgehead atoms. The van der Waals surface area contributed by atoms with E-state index in [0.29, 0.717) is 5.69 Å². The molecule has 0 spiro atoms. The van der Waals surface area contributed by atoms with Gasteiger partial charge in [-0.2, -0.15) is 5.10 Å².